The molecule has 0 aliphatic rings. The van der Waals surface area contributed by atoms with Crippen molar-refractivity contribution in [2.24, 2.45) is 0 Å². The minimum Gasteiger partial charge on any atom is -0.488 e. The molecule has 0 unspecified atom stereocenters. The summed E-state index contributed by atoms with van der Waals surface area (Å²) >= 11 is 3.10. The van der Waals surface area contributed by atoms with Gasteiger partial charge >= 0.3 is 0 Å². The van der Waals surface area contributed by atoms with Gasteiger partial charge in [-0.3, -0.25) is 14.2 Å². The molecular weight excluding hydrogens is 418 g/mol. The minimum atomic E-state index is -0.194. The van der Waals surface area contributed by atoms with E-state index in [1.54, 1.807) is 22.1 Å². The molecule has 0 atom stereocenters. The summed E-state index contributed by atoms with van der Waals surface area (Å²) in [5, 5.41) is 4.64. The third-order valence-electron chi connectivity index (χ3n) is 4.75. The van der Waals surface area contributed by atoms with Gasteiger partial charge in [0.1, 0.15) is 10.7 Å². The molecule has 4 aromatic heterocycles. The Morgan fingerprint density at radius 1 is 1.27 bits per heavy atom. The largest absolute Gasteiger partial charge is 0.488 e. The molecule has 4 rings (SSSR count). The number of aromatic amines is 1. The van der Waals surface area contributed by atoms with Crippen LogP contribution in [-0.2, 0) is 6.54 Å². The van der Waals surface area contributed by atoms with E-state index in [9.17, 15) is 9.59 Å². The van der Waals surface area contributed by atoms with E-state index in [2.05, 4.69) is 4.98 Å². The molecule has 0 saturated heterocycles. The van der Waals surface area contributed by atoms with Crippen LogP contribution in [0.2, 0.25) is 0 Å². The maximum absolute atomic E-state index is 13.5. The van der Waals surface area contributed by atoms with Crippen LogP contribution in [0.3, 0.4) is 0 Å². The highest BCUT2D eigenvalue weighted by Crippen LogP contribution is 2.34. The first kappa shape index (κ1) is 20.6. The Kier molecular flexibility index (Phi) is 5.87. The van der Waals surface area contributed by atoms with Crippen LogP contribution in [0, 0.1) is 0 Å². The number of ether oxygens (including phenoxy) is 1. The molecule has 8 heteroatoms. The van der Waals surface area contributed by atoms with Crippen LogP contribution in [0.25, 0.3) is 20.7 Å². The van der Waals surface area contributed by atoms with Gasteiger partial charge in [-0.2, -0.15) is 0 Å². The fraction of sp³-hybridized carbons (Fsp3) is 0.318. The predicted octanol–water partition coefficient (Wildman–Crippen LogP) is 4.84. The molecule has 0 fully saturated rings. The molecule has 156 valence electrons. The average Bonchev–Trinajstić information content (AvgIpc) is 3.38. The molecule has 30 heavy (non-hydrogen) atoms. The fourth-order valence-electron chi connectivity index (χ4n) is 3.33. The predicted molar refractivity (Wildman–Crippen MR) is 123 cm³/mol. The number of pyridine rings is 1. The molecule has 6 nitrogen and oxygen atoms in total. The monoisotopic (exact) mass is 441 g/mol. The Morgan fingerprint density at radius 2 is 2.10 bits per heavy atom. The summed E-state index contributed by atoms with van der Waals surface area (Å²) in [5.74, 6) is 1.07. The summed E-state index contributed by atoms with van der Waals surface area (Å²) in [7, 11) is 0. The summed E-state index contributed by atoms with van der Waals surface area (Å²) in [4.78, 5) is 35.6. The Labute approximate surface area is 181 Å². The molecule has 0 bridgehead atoms. The number of aromatic nitrogens is 3. The highest BCUT2D eigenvalue weighted by molar-refractivity contribution is 7.18. The maximum Gasteiger partial charge on any atom is 0.263 e. The standard InChI is InChI=1S/C22H23N3O3S2/c1-4-7-28-17-10-23-14(9-16(17)26)11-25-20(13(2)3)24-21-19(22(25)27)15(12-30-21)18-6-5-8-29-18/h5-6,8-10,12-13H,4,7,11H2,1-3H3,(H,23,26). The zero-order chi connectivity index (χ0) is 21.3. The number of nitrogens with zero attached hydrogens (tertiary/aromatic N) is 2. The second kappa shape index (κ2) is 8.57. The van der Waals surface area contributed by atoms with Crippen molar-refractivity contribution >= 4 is 32.9 Å². The smallest absolute Gasteiger partial charge is 0.263 e. The molecular formula is C22H23N3O3S2. The van der Waals surface area contributed by atoms with Crippen LogP contribution in [0.15, 0.2) is 44.7 Å². The maximum atomic E-state index is 13.5. The lowest BCUT2D eigenvalue weighted by atomic mass is 10.1. The average molecular weight is 442 g/mol. The van der Waals surface area contributed by atoms with E-state index in [1.807, 2.05) is 43.7 Å². The Morgan fingerprint density at radius 3 is 2.77 bits per heavy atom. The lowest BCUT2D eigenvalue weighted by Crippen LogP contribution is -2.27. The molecule has 0 saturated carbocycles. The van der Waals surface area contributed by atoms with E-state index in [1.165, 1.54) is 17.4 Å². The molecule has 0 aliphatic carbocycles. The van der Waals surface area contributed by atoms with Crippen molar-refractivity contribution in [1.29, 1.82) is 0 Å². The summed E-state index contributed by atoms with van der Waals surface area (Å²) in [6.07, 6.45) is 2.40. The Bertz CT molecular complexity index is 1280. The number of nitrogens with one attached hydrogen (secondary N) is 1. The molecule has 0 radical (unpaired) electrons. The molecule has 0 amide bonds. The molecule has 0 aliphatic heterocycles. The van der Waals surface area contributed by atoms with Gasteiger partial charge in [0.25, 0.3) is 5.56 Å². The number of hydrogen-bond donors (Lipinski definition) is 1. The van der Waals surface area contributed by atoms with E-state index in [0.29, 0.717) is 29.3 Å². The van der Waals surface area contributed by atoms with Gasteiger partial charge in [0, 0.05) is 39.7 Å². The SMILES string of the molecule is CCCOc1c[nH]c(Cn2c(C(C)C)nc3scc(-c4cccs4)c3c2=O)cc1=O. The van der Waals surface area contributed by atoms with Crippen LogP contribution in [0.4, 0.5) is 0 Å². The van der Waals surface area contributed by atoms with Gasteiger partial charge in [0.2, 0.25) is 5.43 Å². The molecule has 0 aromatic carbocycles. The van der Waals surface area contributed by atoms with Gasteiger partial charge in [0.05, 0.1) is 18.5 Å². The summed E-state index contributed by atoms with van der Waals surface area (Å²) in [6, 6.07) is 5.49. The lowest BCUT2D eigenvalue weighted by molar-refractivity contribution is 0.313. The first-order valence-corrected chi connectivity index (χ1v) is 11.7. The van der Waals surface area contributed by atoms with Gasteiger partial charge in [-0.25, -0.2) is 4.98 Å². The first-order chi connectivity index (χ1) is 14.5. The van der Waals surface area contributed by atoms with Crippen LogP contribution in [0.5, 0.6) is 5.75 Å². The molecule has 0 spiro atoms. The second-order valence-electron chi connectivity index (χ2n) is 7.36. The number of rotatable bonds is 7. The van der Waals surface area contributed by atoms with E-state index in [4.69, 9.17) is 9.72 Å². The van der Waals surface area contributed by atoms with E-state index < -0.39 is 0 Å². The molecule has 1 N–H and O–H groups in total. The molecule has 4 heterocycles. The number of hydrogen-bond acceptors (Lipinski definition) is 6. The van der Waals surface area contributed by atoms with Gasteiger partial charge < -0.3 is 9.72 Å². The van der Waals surface area contributed by atoms with Gasteiger partial charge in [-0.1, -0.05) is 26.8 Å². The summed E-state index contributed by atoms with van der Waals surface area (Å²) in [6.45, 7) is 6.76. The number of H-pyrrole nitrogens is 1. The second-order valence-corrected chi connectivity index (χ2v) is 9.16. The highest BCUT2D eigenvalue weighted by Gasteiger charge is 2.19. The quantitative estimate of drug-likeness (QED) is 0.445. The summed E-state index contributed by atoms with van der Waals surface area (Å²) < 4.78 is 7.13. The highest BCUT2D eigenvalue weighted by atomic mass is 32.1. The van der Waals surface area contributed by atoms with Crippen LogP contribution < -0.4 is 15.7 Å². The third-order valence-corrected chi connectivity index (χ3v) is 6.53. The lowest BCUT2D eigenvalue weighted by Gasteiger charge is -2.15. The van der Waals surface area contributed by atoms with E-state index >= 15 is 0 Å². The van der Waals surface area contributed by atoms with Crippen molar-refractivity contribution in [3.05, 3.63) is 67.3 Å². The topological polar surface area (TPSA) is 77.0 Å². The fourth-order valence-corrected chi connectivity index (χ4v) is 5.09. The molecule has 4 aromatic rings. The van der Waals surface area contributed by atoms with Crippen molar-refractivity contribution in [2.75, 3.05) is 6.61 Å². The van der Waals surface area contributed by atoms with Crippen molar-refractivity contribution < 1.29 is 4.74 Å². The zero-order valence-corrected chi connectivity index (χ0v) is 18.7. The van der Waals surface area contributed by atoms with Crippen molar-refractivity contribution in [3.63, 3.8) is 0 Å². The van der Waals surface area contributed by atoms with Gasteiger partial charge in [-0.15, -0.1) is 22.7 Å². The van der Waals surface area contributed by atoms with E-state index in [0.717, 1.165) is 21.7 Å². The third kappa shape index (κ3) is 3.85. The van der Waals surface area contributed by atoms with E-state index in [-0.39, 0.29) is 23.5 Å². The van der Waals surface area contributed by atoms with Crippen molar-refractivity contribution in [1.82, 2.24) is 14.5 Å². The number of thiophene rings is 2. The first-order valence-electron chi connectivity index (χ1n) is 9.89. The van der Waals surface area contributed by atoms with Gasteiger partial charge in [0.15, 0.2) is 5.75 Å². The Hall–Kier alpha value is -2.71. The summed E-state index contributed by atoms with van der Waals surface area (Å²) in [5.41, 5.74) is 1.28. The minimum absolute atomic E-state index is 0.0632. The Balaban J connectivity index is 1.81. The van der Waals surface area contributed by atoms with Crippen LogP contribution in [0.1, 0.15) is 44.6 Å². The normalized spacial score (nSPS) is 11.5. The number of fused-ring (bicyclic) bond motifs is 1. The zero-order valence-electron chi connectivity index (χ0n) is 17.1. The van der Waals surface area contributed by atoms with Crippen molar-refractivity contribution in [3.8, 4) is 16.2 Å². The van der Waals surface area contributed by atoms with Crippen molar-refractivity contribution in [2.45, 2.75) is 39.7 Å². The van der Waals surface area contributed by atoms with Gasteiger partial charge in [-0.05, 0) is 17.9 Å². The van der Waals surface area contributed by atoms with Crippen LogP contribution >= 0.6 is 22.7 Å². The van der Waals surface area contributed by atoms with Crippen LogP contribution in [-0.4, -0.2) is 21.1 Å².